The number of nitrogens with zero attached hydrogens (tertiary/aromatic N) is 1. The number of anilines is 1. The van der Waals surface area contributed by atoms with E-state index in [1.807, 2.05) is 13.0 Å². The zero-order valence-corrected chi connectivity index (χ0v) is 11.7. The van der Waals surface area contributed by atoms with Crippen LogP contribution in [-0.2, 0) is 0 Å². The van der Waals surface area contributed by atoms with Gasteiger partial charge in [-0.2, -0.15) is 5.10 Å². The molecule has 2 aromatic carbocycles. The van der Waals surface area contributed by atoms with Crippen LogP contribution in [0.5, 0.6) is 0 Å². The second-order valence-electron chi connectivity index (χ2n) is 4.48. The normalized spacial score (nSPS) is 11.1. The molecule has 0 saturated carbocycles. The first-order valence-electron chi connectivity index (χ1n) is 5.75. The van der Waals surface area contributed by atoms with E-state index in [4.69, 9.17) is 28.9 Å². The zero-order chi connectivity index (χ0) is 13.6. The van der Waals surface area contributed by atoms with Gasteiger partial charge in [0.25, 0.3) is 0 Å². The Hall–Kier alpha value is -1.71. The highest BCUT2D eigenvalue weighted by Gasteiger charge is 2.13. The minimum absolute atomic E-state index is 0.548. The van der Waals surface area contributed by atoms with E-state index in [0.717, 1.165) is 27.6 Å². The molecule has 0 spiro atoms. The summed E-state index contributed by atoms with van der Waals surface area (Å²) in [5.74, 6) is 0. The van der Waals surface area contributed by atoms with Gasteiger partial charge in [-0.05, 0) is 42.3 Å². The monoisotopic (exact) mass is 291 g/mol. The van der Waals surface area contributed by atoms with E-state index in [2.05, 4.69) is 16.3 Å². The summed E-state index contributed by atoms with van der Waals surface area (Å²) in [6.07, 6.45) is 1.79. The molecule has 96 valence electrons. The van der Waals surface area contributed by atoms with E-state index in [-0.39, 0.29) is 0 Å². The molecule has 0 saturated heterocycles. The smallest absolute Gasteiger partial charge is 0.0656 e. The summed E-state index contributed by atoms with van der Waals surface area (Å²) in [6, 6.07) is 7.47. The van der Waals surface area contributed by atoms with Crippen molar-refractivity contribution in [1.82, 2.24) is 10.2 Å². The molecule has 3 rings (SSSR count). The molecule has 3 N–H and O–H groups in total. The first kappa shape index (κ1) is 12.3. The fourth-order valence-electron chi connectivity index (χ4n) is 2.22. The van der Waals surface area contributed by atoms with Gasteiger partial charge in [-0.25, -0.2) is 0 Å². The Kier molecular flexibility index (Phi) is 2.88. The van der Waals surface area contributed by atoms with Gasteiger partial charge in [0.15, 0.2) is 0 Å². The summed E-state index contributed by atoms with van der Waals surface area (Å²) in [5.41, 5.74) is 10.1. The molecule has 0 unspecified atom stereocenters. The number of aromatic amines is 1. The molecule has 0 aliphatic carbocycles. The molecule has 0 amide bonds. The molecule has 0 aliphatic heterocycles. The van der Waals surface area contributed by atoms with Crippen LogP contribution in [0.15, 0.2) is 30.5 Å². The third kappa shape index (κ3) is 2.05. The van der Waals surface area contributed by atoms with E-state index in [1.54, 1.807) is 18.3 Å². The molecule has 0 bridgehead atoms. The maximum absolute atomic E-state index is 6.28. The van der Waals surface area contributed by atoms with Crippen LogP contribution in [0, 0.1) is 6.92 Å². The third-order valence-electron chi connectivity index (χ3n) is 3.12. The average molecular weight is 292 g/mol. The minimum atomic E-state index is 0.548. The number of nitrogen functional groups attached to an aromatic ring is 1. The second kappa shape index (κ2) is 4.44. The van der Waals surface area contributed by atoms with Crippen LogP contribution in [0.2, 0.25) is 10.0 Å². The fraction of sp³-hybridized carbons (Fsp3) is 0.0714. The summed E-state index contributed by atoms with van der Waals surface area (Å²) in [5, 5.41) is 9.13. The Morgan fingerprint density at radius 2 is 1.79 bits per heavy atom. The number of H-pyrrole nitrogens is 1. The Bertz CT molecular complexity index is 754. The Morgan fingerprint density at radius 3 is 2.47 bits per heavy atom. The lowest BCUT2D eigenvalue weighted by Gasteiger charge is -2.11. The summed E-state index contributed by atoms with van der Waals surface area (Å²) < 4.78 is 0. The lowest BCUT2D eigenvalue weighted by molar-refractivity contribution is 1.12. The molecule has 0 fully saturated rings. The van der Waals surface area contributed by atoms with E-state index in [9.17, 15) is 0 Å². The van der Waals surface area contributed by atoms with Crippen LogP contribution in [-0.4, -0.2) is 10.2 Å². The predicted octanol–water partition coefficient (Wildman–Crippen LogP) is 4.43. The quantitative estimate of drug-likeness (QED) is 0.652. The summed E-state index contributed by atoms with van der Waals surface area (Å²) in [4.78, 5) is 0. The Balaban J connectivity index is 2.32. The van der Waals surface area contributed by atoms with E-state index < -0.39 is 0 Å². The first-order chi connectivity index (χ1) is 9.06. The van der Waals surface area contributed by atoms with Crippen molar-refractivity contribution in [3.63, 3.8) is 0 Å². The second-order valence-corrected chi connectivity index (χ2v) is 5.30. The van der Waals surface area contributed by atoms with Crippen molar-refractivity contribution in [3.05, 3.63) is 46.1 Å². The Morgan fingerprint density at radius 1 is 1.11 bits per heavy atom. The number of rotatable bonds is 1. The molecule has 19 heavy (non-hydrogen) atoms. The van der Waals surface area contributed by atoms with Crippen LogP contribution in [0.4, 0.5) is 5.69 Å². The number of benzene rings is 2. The third-order valence-corrected chi connectivity index (χ3v) is 3.72. The van der Waals surface area contributed by atoms with Crippen molar-refractivity contribution in [2.24, 2.45) is 0 Å². The topological polar surface area (TPSA) is 54.7 Å². The highest BCUT2D eigenvalue weighted by Crippen LogP contribution is 2.39. The average Bonchev–Trinajstić information content (AvgIpc) is 2.74. The van der Waals surface area contributed by atoms with Gasteiger partial charge in [-0.15, -0.1) is 0 Å². The fourth-order valence-corrected chi connectivity index (χ4v) is 2.93. The number of aromatic nitrogens is 2. The Labute approximate surface area is 120 Å². The molecule has 3 nitrogen and oxygen atoms in total. The molecular weight excluding hydrogens is 281 g/mol. The summed E-state index contributed by atoms with van der Waals surface area (Å²) in [6.45, 7) is 2.02. The number of halogens is 2. The summed E-state index contributed by atoms with van der Waals surface area (Å²) >= 11 is 12.6. The molecule has 0 aliphatic rings. The number of nitrogens with two attached hydrogens (primary N) is 1. The predicted molar refractivity (Wildman–Crippen MR) is 80.7 cm³/mol. The van der Waals surface area contributed by atoms with Gasteiger partial charge < -0.3 is 5.73 Å². The SMILES string of the molecule is Cc1cc2cn[nH]c2cc1-c1c(Cl)cc(N)cc1Cl. The first-order valence-corrected chi connectivity index (χ1v) is 6.50. The van der Waals surface area contributed by atoms with Crippen molar-refractivity contribution in [1.29, 1.82) is 0 Å². The number of hydrogen-bond acceptors (Lipinski definition) is 2. The van der Waals surface area contributed by atoms with Gasteiger partial charge in [-0.1, -0.05) is 23.2 Å². The number of hydrogen-bond donors (Lipinski definition) is 2. The van der Waals surface area contributed by atoms with Crippen LogP contribution in [0.3, 0.4) is 0 Å². The molecule has 0 atom stereocenters. The minimum Gasteiger partial charge on any atom is -0.399 e. The largest absolute Gasteiger partial charge is 0.399 e. The van der Waals surface area contributed by atoms with Crippen LogP contribution in [0.1, 0.15) is 5.56 Å². The lowest BCUT2D eigenvalue weighted by atomic mass is 9.98. The van der Waals surface area contributed by atoms with Crippen molar-refractivity contribution < 1.29 is 0 Å². The standard InChI is InChI=1S/C14H11Cl2N3/c1-7-2-8-6-18-19-13(8)5-10(7)14-11(15)3-9(17)4-12(14)16/h2-6H,17H2,1H3,(H,18,19). The molecular formula is C14H11Cl2N3. The van der Waals surface area contributed by atoms with Gasteiger partial charge >= 0.3 is 0 Å². The maximum Gasteiger partial charge on any atom is 0.0656 e. The molecule has 5 heteroatoms. The molecule has 0 radical (unpaired) electrons. The lowest BCUT2D eigenvalue weighted by Crippen LogP contribution is -1.90. The molecule has 1 heterocycles. The number of fused-ring (bicyclic) bond motifs is 1. The number of aryl methyl sites for hydroxylation is 1. The maximum atomic E-state index is 6.28. The van der Waals surface area contributed by atoms with Gasteiger partial charge in [-0.3, -0.25) is 5.10 Å². The van der Waals surface area contributed by atoms with E-state index >= 15 is 0 Å². The number of nitrogens with one attached hydrogen (secondary N) is 1. The molecule has 1 aromatic heterocycles. The van der Waals surface area contributed by atoms with Crippen molar-refractivity contribution in [2.45, 2.75) is 6.92 Å². The zero-order valence-electron chi connectivity index (χ0n) is 10.2. The highest BCUT2D eigenvalue weighted by molar-refractivity contribution is 6.39. The van der Waals surface area contributed by atoms with Crippen molar-refractivity contribution >= 4 is 39.8 Å². The van der Waals surface area contributed by atoms with Gasteiger partial charge in [0.05, 0.1) is 21.8 Å². The van der Waals surface area contributed by atoms with Gasteiger partial charge in [0.2, 0.25) is 0 Å². The van der Waals surface area contributed by atoms with Crippen LogP contribution < -0.4 is 5.73 Å². The summed E-state index contributed by atoms with van der Waals surface area (Å²) in [7, 11) is 0. The van der Waals surface area contributed by atoms with Crippen molar-refractivity contribution in [2.75, 3.05) is 5.73 Å². The molecule has 3 aromatic rings. The van der Waals surface area contributed by atoms with Crippen LogP contribution >= 0.6 is 23.2 Å². The van der Waals surface area contributed by atoms with E-state index in [0.29, 0.717) is 15.7 Å². The van der Waals surface area contributed by atoms with E-state index in [1.165, 1.54) is 0 Å². The van der Waals surface area contributed by atoms with Crippen molar-refractivity contribution in [3.8, 4) is 11.1 Å². The van der Waals surface area contributed by atoms with Gasteiger partial charge in [0.1, 0.15) is 0 Å². The van der Waals surface area contributed by atoms with Crippen LogP contribution in [0.25, 0.3) is 22.0 Å². The highest BCUT2D eigenvalue weighted by atomic mass is 35.5. The van der Waals surface area contributed by atoms with Gasteiger partial charge in [0, 0.05) is 16.6 Å².